The summed E-state index contributed by atoms with van der Waals surface area (Å²) in [5.74, 6) is -0.320. The van der Waals surface area contributed by atoms with Crippen LogP contribution in [0.25, 0.3) is 0 Å². The molecule has 0 aliphatic rings. The van der Waals surface area contributed by atoms with E-state index in [2.05, 4.69) is 22.0 Å². The van der Waals surface area contributed by atoms with Crippen molar-refractivity contribution in [3.63, 3.8) is 0 Å². The third-order valence-electron chi connectivity index (χ3n) is 4.96. The molecule has 0 saturated heterocycles. The molecule has 3 rings (SSSR count). The molecular weight excluding hydrogens is 434 g/mol. The highest BCUT2D eigenvalue weighted by Gasteiger charge is 2.09. The van der Waals surface area contributed by atoms with Crippen molar-refractivity contribution in [1.29, 1.82) is 0 Å². The molecule has 0 atom stereocenters. The van der Waals surface area contributed by atoms with Gasteiger partial charge in [-0.15, -0.1) is 11.3 Å². The van der Waals surface area contributed by atoms with E-state index in [1.165, 1.54) is 4.88 Å². The van der Waals surface area contributed by atoms with E-state index in [1.807, 2.05) is 42.6 Å². The van der Waals surface area contributed by atoms with Crippen LogP contribution in [0.5, 0.6) is 0 Å². The van der Waals surface area contributed by atoms with Gasteiger partial charge in [0.2, 0.25) is 11.8 Å². The number of amides is 3. The minimum atomic E-state index is -0.232. The zero-order valence-corrected chi connectivity index (χ0v) is 19.5. The van der Waals surface area contributed by atoms with Crippen LogP contribution in [0, 0.1) is 0 Å². The van der Waals surface area contributed by atoms with Crippen LogP contribution >= 0.6 is 11.3 Å². The van der Waals surface area contributed by atoms with E-state index in [1.54, 1.807) is 35.6 Å². The van der Waals surface area contributed by atoms with Gasteiger partial charge >= 0.3 is 0 Å². The van der Waals surface area contributed by atoms with Gasteiger partial charge < -0.3 is 16.0 Å². The Morgan fingerprint density at radius 1 is 0.848 bits per heavy atom. The number of rotatable bonds is 11. The normalized spacial score (nSPS) is 10.5. The minimum Gasteiger partial charge on any atom is -0.348 e. The second-order valence-electron chi connectivity index (χ2n) is 7.74. The molecule has 2 aromatic carbocycles. The second kappa shape index (κ2) is 12.6. The highest BCUT2D eigenvalue weighted by molar-refractivity contribution is 7.09. The Labute approximate surface area is 198 Å². The molecule has 0 bridgehead atoms. The van der Waals surface area contributed by atoms with Crippen molar-refractivity contribution in [1.82, 2.24) is 5.32 Å². The minimum absolute atomic E-state index is 0.0240. The van der Waals surface area contributed by atoms with Gasteiger partial charge in [0.15, 0.2) is 0 Å². The molecule has 1 aromatic heterocycles. The van der Waals surface area contributed by atoms with E-state index >= 15 is 0 Å². The van der Waals surface area contributed by atoms with Crippen molar-refractivity contribution < 1.29 is 14.4 Å². The summed E-state index contributed by atoms with van der Waals surface area (Å²) < 4.78 is 0. The topological polar surface area (TPSA) is 87.3 Å². The van der Waals surface area contributed by atoms with Crippen LogP contribution in [-0.4, -0.2) is 17.7 Å². The number of carbonyl (C=O) groups is 3. The van der Waals surface area contributed by atoms with Gasteiger partial charge in [-0.3, -0.25) is 14.4 Å². The standard InChI is InChI=1S/C26H29N3O3S/c1-2-7-24(30)28-21-10-3-8-19(16-21)18-27-26(32)20-9-4-11-22(17-20)29-25(31)14-5-12-23-13-6-15-33-23/h3-4,6,8-11,13,15-17H,2,5,7,12,14,18H2,1H3,(H,27,32)(H,28,30)(H,29,31). The van der Waals surface area contributed by atoms with Gasteiger partial charge in [0.1, 0.15) is 0 Å². The Balaban J connectivity index is 1.49. The lowest BCUT2D eigenvalue weighted by Gasteiger charge is -2.10. The number of thiophene rings is 1. The largest absolute Gasteiger partial charge is 0.348 e. The molecule has 0 spiro atoms. The summed E-state index contributed by atoms with van der Waals surface area (Å²) in [5.41, 5.74) is 2.67. The first-order valence-corrected chi connectivity index (χ1v) is 12.0. The van der Waals surface area contributed by atoms with Crippen LogP contribution in [-0.2, 0) is 22.6 Å². The van der Waals surface area contributed by atoms with E-state index in [0.29, 0.717) is 36.3 Å². The summed E-state index contributed by atoms with van der Waals surface area (Å²) >= 11 is 1.70. The van der Waals surface area contributed by atoms with Crippen molar-refractivity contribution in [3.05, 3.63) is 82.0 Å². The first-order chi connectivity index (χ1) is 16.0. The van der Waals surface area contributed by atoms with E-state index in [9.17, 15) is 14.4 Å². The Kier molecular flexibility index (Phi) is 9.20. The number of nitrogens with one attached hydrogen (secondary N) is 3. The third-order valence-corrected chi connectivity index (χ3v) is 5.89. The molecule has 0 fully saturated rings. The van der Waals surface area contributed by atoms with Crippen molar-refractivity contribution >= 4 is 40.4 Å². The van der Waals surface area contributed by atoms with Crippen LogP contribution in [0.4, 0.5) is 11.4 Å². The summed E-state index contributed by atoms with van der Waals surface area (Å²) in [6.07, 6.45) is 3.36. The Bertz CT molecular complexity index is 1080. The molecule has 3 N–H and O–H groups in total. The molecular formula is C26H29N3O3S. The van der Waals surface area contributed by atoms with Gasteiger partial charge in [0.05, 0.1) is 0 Å². The van der Waals surface area contributed by atoms with Crippen LogP contribution in [0.2, 0.25) is 0 Å². The average molecular weight is 464 g/mol. The highest BCUT2D eigenvalue weighted by atomic mass is 32.1. The average Bonchev–Trinajstić information content (AvgIpc) is 3.31. The number of carbonyl (C=O) groups excluding carboxylic acids is 3. The molecule has 0 unspecified atom stereocenters. The Morgan fingerprint density at radius 2 is 1.58 bits per heavy atom. The molecule has 0 aliphatic heterocycles. The van der Waals surface area contributed by atoms with Gasteiger partial charge in [-0.05, 0) is 66.6 Å². The molecule has 3 amide bonds. The van der Waals surface area contributed by atoms with E-state index in [-0.39, 0.29) is 17.7 Å². The molecule has 6 nitrogen and oxygen atoms in total. The molecule has 172 valence electrons. The fourth-order valence-electron chi connectivity index (χ4n) is 3.33. The van der Waals surface area contributed by atoms with Crippen molar-refractivity contribution in [2.45, 2.75) is 45.6 Å². The fraction of sp³-hybridized carbons (Fsp3) is 0.269. The Morgan fingerprint density at radius 3 is 2.30 bits per heavy atom. The van der Waals surface area contributed by atoms with Crippen LogP contribution < -0.4 is 16.0 Å². The summed E-state index contributed by atoms with van der Waals surface area (Å²) in [7, 11) is 0. The lowest BCUT2D eigenvalue weighted by molar-refractivity contribution is -0.117. The predicted molar refractivity (Wildman–Crippen MR) is 133 cm³/mol. The summed E-state index contributed by atoms with van der Waals surface area (Å²) in [6, 6.07) is 18.4. The number of benzene rings is 2. The Hall–Kier alpha value is -3.45. The van der Waals surface area contributed by atoms with Crippen LogP contribution in [0.3, 0.4) is 0 Å². The van der Waals surface area contributed by atoms with Crippen molar-refractivity contribution in [2.75, 3.05) is 10.6 Å². The first kappa shape index (κ1) is 24.2. The second-order valence-corrected chi connectivity index (χ2v) is 8.78. The van der Waals surface area contributed by atoms with Crippen molar-refractivity contribution in [3.8, 4) is 0 Å². The maximum absolute atomic E-state index is 12.6. The van der Waals surface area contributed by atoms with E-state index in [0.717, 1.165) is 24.8 Å². The van der Waals surface area contributed by atoms with E-state index in [4.69, 9.17) is 0 Å². The van der Waals surface area contributed by atoms with Gasteiger partial charge in [-0.25, -0.2) is 0 Å². The molecule has 1 heterocycles. The van der Waals surface area contributed by atoms with Gasteiger partial charge in [0, 0.05) is 41.2 Å². The van der Waals surface area contributed by atoms with Gasteiger partial charge in [0.25, 0.3) is 5.91 Å². The number of hydrogen-bond acceptors (Lipinski definition) is 4. The first-order valence-electron chi connectivity index (χ1n) is 11.1. The molecule has 7 heteroatoms. The number of aryl methyl sites for hydroxylation is 1. The SMILES string of the molecule is CCCC(=O)Nc1cccc(CNC(=O)c2cccc(NC(=O)CCCc3cccs3)c2)c1. The van der Waals surface area contributed by atoms with Crippen LogP contribution in [0.1, 0.15) is 53.4 Å². The summed E-state index contributed by atoms with van der Waals surface area (Å²) in [6.45, 7) is 2.29. The smallest absolute Gasteiger partial charge is 0.251 e. The monoisotopic (exact) mass is 463 g/mol. The third kappa shape index (κ3) is 8.20. The molecule has 0 aliphatic carbocycles. The molecule has 33 heavy (non-hydrogen) atoms. The quantitative estimate of drug-likeness (QED) is 0.357. The molecule has 0 radical (unpaired) electrons. The van der Waals surface area contributed by atoms with Gasteiger partial charge in [-0.1, -0.05) is 31.2 Å². The predicted octanol–water partition coefficient (Wildman–Crippen LogP) is 5.38. The zero-order chi connectivity index (χ0) is 23.5. The maximum Gasteiger partial charge on any atom is 0.251 e. The van der Waals surface area contributed by atoms with E-state index < -0.39 is 0 Å². The zero-order valence-electron chi connectivity index (χ0n) is 18.7. The van der Waals surface area contributed by atoms with Gasteiger partial charge in [-0.2, -0.15) is 0 Å². The number of hydrogen-bond donors (Lipinski definition) is 3. The molecule has 3 aromatic rings. The van der Waals surface area contributed by atoms with Crippen molar-refractivity contribution in [2.24, 2.45) is 0 Å². The van der Waals surface area contributed by atoms with Crippen LogP contribution in [0.15, 0.2) is 66.0 Å². The highest BCUT2D eigenvalue weighted by Crippen LogP contribution is 2.15. The lowest BCUT2D eigenvalue weighted by Crippen LogP contribution is -2.23. The lowest BCUT2D eigenvalue weighted by atomic mass is 10.1. The number of anilines is 2. The summed E-state index contributed by atoms with van der Waals surface area (Å²) in [4.78, 5) is 37.9. The summed E-state index contributed by atoms with van der Waals surface area (Å²) in [5, 5.41) is 10.7. The fourth-order valence-corrected chi connectivity index (χ4v) is 4.08. The maximum atomic E-state index is 12.6. The molecule has 0 saturated carbocycles.